The molecule has 4 N–H and O–H groups in total. The number of carbonyl (C=O) groups is 1. The van der Waals surface area contributed by atoms with Crippen LogP contribution in [0.2, 0.25) is 0 Å². The van der Waals surface area contributed by atoms with Crippen LogP contribution in [0.25, 0.3) is 11.4 Å². The van der Waals surface area contributed by atoms with Gasteiger partial charge in [0.05, 0.1) is 11.7 Å². The molecular weight excluding hydrogens is 266 g/mol. The Labute approximate surface area is 124 Å². The number of hydrogen-bond donors (Lipinski definition) is 3. The number of anilines is 1. The zero-order chi connectivity index (χ0) is 15.4. The molecule has 0 bridgehead atoms. The van der Waals surface area contributed by atoms with Crippen LogP contribution in [-0.2, 0) is 4.79 Å². The first-order valence-corrected chi connectivity index (χ1v) is 7.02. The molecule has 1 aromatic carbocycles. The molecule has 6 nitrogen and oxygen atoms in total. The average Bonchev–Trinajstić information content (AvgIpc) is 2.85. The number of amides is 1. The minimum Gasteiger partial charge on any atom is -0.324 e. The Balaban J connectivity index is 2.19. The van der Waals surface area contributed by atoms with Crippen molar-refractivity contribution >= 4 is 11.6 Å². The van der Waals surface area contributed by atoms with Gasteiger partial charge in [0.25, 0.3) is 0 Å². The fraction of sp³-hybridized carbons (Fsp3) is 0.400. The predicted octanol–water partition coefficient (Wildman–Crippen LogP) is 2.09. The molecule has 1 aromatic heterocycles. The van der Waals surface area contributed by atoms with Gasteiger partial charge in [0.1, 0.15) is 5.82 Å². The van der Waals surface area contributed by atoms with E-state index in [2.05, 4.69) is 20.5 Å². The molecular formula is C15H21N5O. The number of benzene rings is 1. The Morgan fingerprint density at radius 3 is 2.71 bits per heavy atom. The number of hydrogen-bond acceptors (Lipinski definition) is 4. The normalized spacial score (nSPS) is 12.4. The number of aryl methyl sites for hydroxylation is 1. The van der Waals surface area contributed by atoms with Crippen molar-refractivity contribution in [1.29, 1.82) is 0 Å². The van der Waals surface area contributed by atoms with E-state index in [9.17, 15) is 4.79 Å². The maximum atomic E-state index is 12.2. The van der Waals surface area contributed by atoms with Gasteiger partial charge in [-0.25, -0.2) is 4.98 Å². The highest BCUT2D eigenvalue weighted by atomic mass is 16.2. The highest BCUT2D eigenvalue weighted by Crippen LogP contribution is 2.25. The number of nitrogens with one attached hydrogen (secondary N) is 2. The molecule has 0 aliphatic carbocycles. The lowest BCUT2D eigenvalue weighted by Gasteiger charge is -2.15. The van der Waals surface area contributed by atoms with Crippen molar-refractivity contribution in [3.05, 3.63) is 30.1 Å². The summed E-state index contributed by atoms with van der Waals surface area (Å²) in [6, 6.07) is 6.90. The molecule has 0 fully saturated rings. The summed E-state index contributed by atoms with van der Waals surface area (Å²) < 4.78 is 0. The molecule has 0 saturated heterocycles. The molecule has 1 atom stereocenters. The molecule has 0 aliphatic heterocycles. The Morgan fingerprint density at radius 2 is 2.10 bits per heavy atom. The molecule has 112 valence electrons. The molecule has 2 rings (SSSR count). The minimum absolute atomic E-state index is 0.191. The van der Waals surface area contributed by atoms with E-state index in [1.54, 1.807) is 0 Å². The summed E-state index contributed by atoms with van der Waals surface area (Å²) >= 11 is 0. The number of nitrogens with zero attached hydrogens (tertiary/aromatic N) is 2. The fourth-order valence-electron chi connectivity index (χ4n) is 2.09. The van der Waals surface area contributed by atoms with Crippen LogP contribution in [-0.4, -0.2) is 27.1 Å². The molecule has 1 heterocycles. The first-order valence-electron chi connectivity index (χ1n) is 7.02. The Morgan fingerprint density at radius 1 is 1.38 bits per heavy atom. The average molecular weight is 287 g/mol. The van der Waals surface area contributed by atoms with Gasteiger partial charge in [-0.05, 0) is 31.4 Å². The van der Waals surface area contributed by atoms with Crippen LogP contribution in [0.1, 0.15) is 26.1 Å². The molecule has 0 radical (unpaired) electrons. The molecule has 1 unspecified atom stereocenters. The zero-order valence-electron chi connectivity index (χ0n) is 12.6. The summed E-state index contributed by atoms with van der Waals surface area (Å²) in [6.07, 6.45) is 0.647. The summed E-state index contributed by atoms with van der Waals surface area (Å²) in [5, 5.41) is 9.79. The summed E-state index contributed by atoms with van der Waals surface area (Å²) in [5.74, 6) is 1.46. The first kappa shape index (κ1) is 15.2. The van der Waals surface area contributed by atoms with Crippen LogP contribution in [0.5, 0.6) is 0 Å². The van der Waals surface area contributed by atoms with Crippen LogP contribution >= 0.6 is 0 Å². The maximum Gasteiger partial charge on any atom is 0.241 e. The number of aromatic nitrogens is 3. The van der Waals surface area contributed by atoms with Crippen molar-refractivity contribution < 1.29 is 4.79 Å². The van der Waals surface area contributed by atoms with E-state index in [1.165, 1.54) is 0 Å². The molecule has 1 amide bonds. The third-order valence-corrected chi connectivity index (χ3v) is 3.09. The van der Waals surface area contributed by atoms with E-state index < -0.39 is 6.04 Å². The number of rotatable bonds is 5. The SMILES string of the molecule is Cc1nc(-c2ccccc2NC(=O)C(N)CC(C)C)n[nH]1. The Kier molecular flexibility index (Phi) is 4.70. The number of nitrogens with two attached hydrogens (primary N) is 1. The second-order valence-electron chi connectivity index (χ2n) is 5.52. The fourth-order valence-corrected chi connectivity index (χ4v) is 2.09. The van der Waals surface area contributed by atoms with E-state index in [0.717, 1.165) is 11.4 Å². The van der Waals surface area contributed by atoms with Crippen molar-refractivity contribution in [2.75, 3.05) is 5.32 Å². The van der Waals surface area contributed by atoms with Crippen LogP contribution in [0.3, 0.4) is 0 Å². The Bertz CT molecular complexity index is 620. The summed E-state index contributed by atoms with van der Waals surface area (Å²) in [7, 11) is 0. The van der Waals surface area contributed by atoms with Crippen LogP contribution in [0, 0.1) is 12.8 Å². The molecule has 6 heteroatoms. The molecule has 0 saturated carbocycles. The summed E-state index contributed by atoms with van der Waals surface area (Å²) in [5.41, 5.74) is 7.35. The van der Waals surface area contributed by atoms with Gasteiger partial charge in [0, 0.05) is 5.56 Å². The number of aromatic amines is 1. The van der Waals surface area contributed by atoms with Crippen molar-refractivity contribution in [2.24, 2.45) is 11.7 Å². The first-order chi connectivity index (χ1) is 9.97. The van der Waals surface area contributed by atoms with Crippen LogP contribution in [0.4, 0.5) is 5.69 Å². The van der Waals surface area contributed by atoms with E-state index >= 15 is 0 Å². The minimum atomic E-state index is -0.521. The van der Waals surface area contributed by atoms with E-state index in [0.29, 0.717) is 23.9 Å². The summed E-state index contributed by atoms with van der Waals surface area (Å²) in [4.78, 5) is 16.4. The van der Waals surface area contributed by atoms with Gasteiger partial charge in [-0.2, -0.15) is 5.10 Å². The molecule has 0 spiro atoms. The lowest BCUT2D eigenvalue weighted by Crippen LogP contribution is -2.36. The lowest BCUT2D eigenvalue weighted by molar-refractivity contribution is -0.117. The van der Waals surface area contributed by atoms with Crippen molar-refractivity contribution in [2.45, 2.75) is 33.2 Å². The van der Waals surface area contributed by atoms with Crippen LogP contribution in [0.15, 0.2) is 24.3 Å². The summed E-state index contributed by atoms with van der Waals surface area (Å²) in [6.45, 7) is 5.91. The van der Waals surface area contributed by atoms with Gasteiger partial charge in [-0.1, -0.05) is 26.0 Å². The molecule has 0 aliphatic rings. The largest absolute Gasteiger partial charge is 0.324 e. The van der Waals surface area contributed by atoms with Gasteiger partial charge in [0.15, 0.2) is 5.82 Å². The highest BCUT2D eigenvalue weighted by Gasteiger charge is 2.17. The standard InChI is InChI=1S/C15H21N5O/c1-9(2)8-12(16)15(21)18-13-7-5-4-6-11(13)14-17-10(3)19-20-14/h4-7,9,12H,8,16H2,1-3H3,(H,18,21)(H,17,19,20). The van der Waals surface area contributed by atoms with E-state index in [4.69, 9.17) is 5.73 Å². The zero-order valence-corrected chi connectivity index (χ0v) is 12.6. The van der Waals surface area contributed by atoms with Crippen molar-refractivity contribution in [3.8, 4) is 11.4 Å². The third kappa shape index (κ3) is 3.88. The van der Waals surface area contributed by atoms with Crippen molar-refractivity contribution in [1.82, 2.24) is 15.2 Å². The van der Waals surface area contributed by atoms with E-state index in [-0.39, 0.29) is 5.91 Å². The quantitative estimate of drug-likeness (QED) is 0.784. The number of H-pyrrole nitrogens is 1. The van der Waals surface area contributed by atoms with Gasteiger partial charge < -0.3 is 11.1 Å². The number of para-hydroxylation sites is 1. The third-order valence-electron chi connectivity index (χ3n) is 3.09. The topological polar surface area (TPSA) is 96.7 Å². The second-order valence-corrected chi connectivity index (χ2v) is 5.52. The predicted molar refractivity (Wildman–Crippen MR) is 82.6 cm³/mol. The van der Waals surface area contributed by atoms with Crippen LogP contribution < -0.4 is 11.1 Å². The van der Waals surface area contributed by atoms with Crippen molar-refractivity contribution in [3.63, 3.8) is 0 Å². The monoisotopic (exact) mass is 287 g/mol. The number of carbonyl (C=O) groups excluding carboxylic acids is 1. The highest BCUT2D eigenvalue weighted by molar-refractivity contribution is 5.97. The lowest BCUT2D eigenvalue weighted by atomic mass is 10.0. The molecule has 2 aromatic rings. The smallest absolute Gasteiger partial charge is 0.241 e. The Hall–Kier alpha value is -2.21. The maximum absolute atomic E-state index is 12.2. The molecule has 21 heavy (non-hydrogen) atoms. The van der Waals surface area contributed by atoms with Gasteiger partial charge in [-0.15, -0.1) is 0 Å². The van der Waals surface area contributed by atoms with Gasteiger partial charge in [0.2, 0.25) is 5.91 Å². The van der Waals surface area contributed by atoms with Gasteiger partial charge in [-0.3, -0.25) is 9.89 Å². The van der Waals surface area contributed by atoms with E-state index in [1.807, 2.05) is 45.0 Å². The van der Waals surface area contributed by atoms with Gasteiger partial charge >= 0.3 is 0 Å². The second kappa shape index (κ2) is 6.49.